The first kappa shape index (κ1) is 43.0. The highest BCUT2D eigenvalue weighted by Gasteiger charge is 2.19. The van der Waals surface area contributed by atoms with E-state index in [4.69, 9.17) is 59.8 Å². The highest BCUT2D eigenvalue weighted by atomic mass is 35.5. The van der Waals surface area contributed by atoms with Gasteiger partial charge >= 0.3 is 5.97 Å². The van der Waals surface area contributed by atoms with E-state index in [-0.39, 0.29) is 41.0 Å². The lowest BCUT2D eigenvalue weighted by atomic mass is 10.2. The fourth-order valence-electron chi connectivity index (χ4n) is 4.72. The van der Waals surface area contributed by atoms with Crippen molar-refractivity contribution in [1.29, 1.82) is 0 Å². The molecule has 10 N–H and O–H groups in total. The molecule has 0 atom stereocenters. The minimum absolute atomic E-state index is 0.00404. The summed E-state index contributed by atoms with van der Waals surface area (Å²) in [6.45, 7) is 2.73. The Hall–Kier alpha value is -6.72. The number of aliphatic hydroxyl groups excluding tert-OH is 1. The summed E-state index contributed by atoms with van der Waals surface area (Å²) in [6.07, 6.45) is 2.49. The molecule has 2 aromatic heterocycles. The highest BCUT2D eigenvalue weighted by molar-refractivity contribution is 6.32. The molecule has 0 radical (unpaired) electrons. The van der Waals surface area contributed by atoms with Crippen LogP contribution in [0.1, 0.15) is 38.8 Å². The summed E-state index contributed by atoms with van der Waals surface area (Å²) in [6, 6.07) is 29.8. The molecule has 0 aliphatic rings. The number of anilines is 6. The number of carbonyl (C=O) groups is 2. The summed E-state index contributed by atoms with van der Waals surface area (Å²) in [5, 5.41) is 14.4. The van der Waals surface area contributed by atoms with E-state index in [2.05, 4.69) is 30.6 Å². The number of rotatable bonds is 12. The lowest BCUT2D eigenvalue weighted by Crippen LogP contribution is -2.31. The minimum Gasteiger partial charge on any atom is -0.487 e. The Morgan fingerprint density at radius 1 is 0.684 bits per heavy atom. The van der Waals surface area contributed by atoms with Gasteiger partial charge in [-0.2, -0.15) is 0 Å². The number of ether oxygens (including phenoxy) is 3. The van der Waals surface area contributed by atoms with Gasteiger partial charge in [-0.25, -0.2) is 30.6 Å². The van der Waals surface area contributed by atoms with Crippen LogP contribution in [0.5, 0.6) is 11.5 Å². The molecule has 0 saturated heterocycles. The van der Waals surface area contributed by atoms with Gasteiger partial charge in [0.25, 0.3) is 5.91 Å². The first-order chi connectivity index (χ1) is 27.6. The molecule has 2 heterocycles. The van der Waals surface area contributed by atoms with Crippen LogP contribution in [-0.2, 0) is 18.0 Å². The highest BCUT2D eigenvalue weighted by Crippen LogP contribution is 2.32. The number of hydrogen-bond acceptors (Lipinski definition) is 15. The van der Waals surface area contributed by atoms with Crippen molar-refractivity contribution < 1.29 is 28.9 Å². The molecule has 0 unspecified atom stereocenters. The van der Waals surface area contributed by atoms with Gasteiger partial charge in [0.1, 0.15) is 65.9 Å². The Labute approximate surface area is 338 Å². The SMILES string of the molecule is CCO.COC(=O)c1c(N)ncnc1Nc1ccc(OCc2ccccc2)c(Cl)c1.NNC(=O)c1c(N)ncnc1Nc1ccc(OCc2ccccc2)c(Cl)c1. The maximum atomic E-state index is 11.9. The Morgan fingerprint density at radius 2 is 1.11 bits per heavy atom. The maximum absolute atomic E-state index is 11.9. The van der Waals surface area contributed by atoms with E-state index < -0.39 is 11.9 Å². The Kier molecular flexibility index (Phi) is 16.6. The van der Waals surface area contributed by atoms with Crippen LogP contribution in [0.25, 0.3) is 0 Å². The van der Waals surface area contributed by atoms with Gasteiger partial charge in [-0.3, -0.25) is 10.2 Å². The molecule has 0 bridgehead atoms. The molecule has 4 aromatic carbocycles. The van der Waals surface area contributed by atoms with E-state index in [0.717, 1.165) is 11.1 Å². The number of aliphatic hydroxyl groups is 1. The van der Waals surface area contributed by atoms with Crippen LogP contribution in [0.3, 0.4) is 0 Å². The fourth-order valence-corrected chi connectivity index (χ4v) is 5.19. The fraction of sp³-hybridized carbons (Fsp3) is 0.128. The van der Waals surface area contributed by atoms with Crippen molar-refractivity contribution in [3.63, 3.8) is 0 Å². The summed E-state index contributed by atoms with van der Waals surface area (Å²) in [7, 11) is 1.26. The maximum Gasteiger partial charge on any atom is 0.345 e. The number of esters is 1. The molecule has 0 fully saturated rings. The summed E-state index contributed by atoms with van der Waals surface area (Å²) < 4.78 is 16.2. The van der Waals surface area contributed by atoms with Crippen LogP contribution < -0.4 is 42.8 Å². The first-order valence-electron chi connectivity index (χ1n) is 17.0. The number of nitrogen functional groups attached to an aromatic ring is 3. The van der Waals surface area contributed by atoms with Crippen molar-refractivity contribution in [2.45, 2.75) is 20.1 Å². The molecular formula is C39H40Cl2N10O6. The van der Waals surface area contributed by atoms with Crippen molar-refractivity contribution in [2.24, 2.45) is 5.84 Å². The standard InChI is InChI=1S/C19H17ClN4O3.C18H17ClN6O2.C2H6O/c1-26-19(25)16-17(21)22-11-23-18(16)24-13-7-8-15(14(20)9-13)27-10-12-5-3-2-4-6-12;19-13-8-12(6-7-14(13)27-9-11-4-2-1-3-5-11)24-17-15(18(26)25-21)16(20)22-10-23-17;1-2-3/h2-9,11H,10H2,1H3,(H3,21,22,23,24);1-8,10H,9,21H2,(H,25,26)(H3,20,22,23,24);3H,2H2,1H3. The number of nitrogens with one attached hydrogen (secondary N) is 3. The van der Waals surface area contributed by atoms with E-state index >= 15 is 0 Å². The second kappa shape index (κ2) is 22.0. The summed E-state index contributed by atoms with van der Waals surface area (Å²) in [5.74, 6) is 5.48. The van der Waals surface area contributed by atoms with Gasteiger partial charge in [-0.05, 0) is 54.4 Å². The molecule has 16 nitrogen and oxygen atoms in total. The van der Waals surface area contributed by atoms with Gasteiger partial charge in [0, 0.05) is 18.0 Å². The second-order valence-corrected chi connectivity index (χ2v) is 12.1. The second-order valence-electron chi connectivity index (χ2n) is 11.3. The average molecular weight is 816 g/mol. The van der Waals surface area contributed by atoms with Crippen molar-refractivity contribution >= 4 is 69.7 Å². The topological polar surface area (TPSA) is 248 Å². The largest absolute Gasteiger partial charge is 0.487 e. The van der Waals surface area contributed by atoms with Crippen molar-refractivity contribution in [3.8, 4) is 11.5 Å². The average Bonchev–Trinajstić information content (AvgIpc) is 3.21. The number of methoxy groups -OCH3 is 1. The molecule has 296 valence electrons. The van der Waals surface area contributed by atoms with Crippen molar-refractivity contribution in [3.05, 3.63) is 142 Å². The van der Waals surface area contributed by atoms with Crippen LogP contribution in [0.15, 0.2) is 110 Å². The predicted molar refractivity (Wildman–Crippen MR) is 220 cm³/mol. The number of amides is 1. The minimum atomic E-state index is -0.635. The molecule has 57 heavy (non-hydrogen) atoms. The van der Waals surface area contributed by atoms with Gasteiger partial charge < -0.3 is 41.4 Å². The van der Waals surface area contributed by atoms with Gasteiger partial charge in [-0.15, -0.1) is 0 Å². The number of hydrazine groups is 1. The van der Waals surface area contributed by atoms with Gasteiger partial charge in [0.2, 0.25) is 0 Å². The van der Waals surface area contributed by atoms with Crippen molar-refractivity contribution in [2.75, 3.05) is 35.8 Å². The molecule has 0 aliphatic heterocycles. The number of aromatic nitrogens is 4. The molecule has 0 saturated carbocycles. The quantitative estimate of drug-likeness (QED) is 0.0303. The molecule has 0 aliphatic carbocycles. The molecule has 0 spiro atoms. The molecule has 1 amide bonds. The third-order valence-corrected chi connectivity index (χ3v) is 7.96. The normalized spacial score (nSPS) is 10.1. The van der Waals surface area contributed by atoms with Crippen LogP contribution in [-0.4, -0.2) is 50.6 Å². The summed E-state index contributed by atoms with van der Waals surface area (Å²) in [5.41, 5.74) is 16.9. The number of halogens is 2. The molecular weight excluding hydrogens is 775 g/mol. The third kappa shape index (κ3) is 12.7. The van der Waals surface area contributed by atoms with E-state index in [9.17, 15) is 9.59 Å². The smallest absolute Gasteiger partial charge is 0.345 e. The lowest BCUT2D eigenvalue weighted by Gasteiger charge is -2.13. The Morgan fingerprint density at radius 3 is 1.51 bits per heavy atom. The van der Waals surface area contributed by atoms with E-state index in [0.29, 0.717) is 46.1 Å². The first-order valence-corrected chi connectivity index (χ1v) is 17.7. The summed E-state index contributed by atoms with van der Waals surface area (Å²) in [4.78, 5) is 39.5. The monoisotopic (exact) mass is 814 g/mol. The van der Waals surface area contributed by atoms with Gasteiger partial charge in [-0.1, -0.05) is 83.9 Å². The number of hydrogen-bond donors (Lipinski definition) is 7. The number of nitrogens with two attached hydrogens (primary N) is 3. The zero-order chi connectivity index (χ0) is 41.2. The Bertz CT molecular complexity index is 2080. The number of nitrogens with zero attached hydrogens (tertiary/aromatic N) is 4. The van der Waals surface area contributed by atoms with Gasteiger partial charge in [0.05, 0.1) is 17.2 Å². The van der Waals surface area contributed by atoms with E-state index in [1.807, 2.05) is 66.1 Å². The van der Waals surface area contributed by atoms with Crippen LogP contribution >= 0.6 is 23.2 Å². The molecule has 6 aromatic rings. The van der Waals surface area contributed by atoms with Crippen LogP contribution in [0.2, 0.25) is 10.0 Å². The lowest BCUT2D eigenvalue weighted by molar-refractivity contribution is 0.0602. The van der Waals surface area contributed by atoms with E-state index in [1.165, 1.54) is 19.8 Å². The van der Waals surface area contributed by atoms with Gasteiger partial charge in [0.15, 0.2) is 5.82 Å². The van der Waals surface area contributed by atoms with Crippen molar-refractivity contribution in [1.82, 2.24) is 25.4 Å². The van der Waals surface area contributed by atoms with Crippen LogP contribution in [0, 0.1) is 0 Å². The molecule has 18 heteroatoms. The Balaban J connectivity index is 0.000000236. The third-order valence-electron chi connectivity index (χ3n) is 7.36. The zero-order valence-corrected chi connectivity index (χ0v) is 32.3. The number of carbonyl (C=O) groups excluding carboxylic acids is 2. The van der Waals surface area contributed by atoms with Crippen LogP contribution in [0.4, 0.5) is 34.6 Å². The zero-order valence-electron chi connectivity index (χ0n) is 30.8. The predicted octanol–water partition coefficient (Wildman–Crippen LogP) is 6.46. The summed E-state index contributed by atoms with van der Waals surface area (Å²) >= 11 is 12.6. The molecule has 6 rings (SSSR count). The number of benzene rings is 4. The van der Waals surface area contributed by atoms with E-state index in [1.54, 1.807) is 43.3 Å².